The van der Waals surface area contributed by atoms with Crippen LogP contribution >= 0.6 is 12.6 Å². The molecule has 0 bridgehead atoms. The molecule has 0 atom stereocenters. The van der Waals surface area contributed by atoms with Crippen LogP contribution in [0.4, 0.5) is 0 Å². The molecule has 0 saturated heterocycles. The maximum Gasteiger partial charge on any atom is 0.162 e. The lowest BCUT2D eigenvalue weighted by atomic mass is 10.2. The van der Waals surface area contributed by atoms with Crippen molar-refractivity contribution in [3.8, 4) is 11.5 Å². The van der Waals surface area contributed by atoms with Crippen LogP contribution in [0.2, 0.25) is 0 Å². The number of aromatic hydroxyl groups is 1. The molecule has 2 aromatic rings. The van der Waals surface area contributed by atoms with Gasteiger partial charge in [-0.25, -0.2) is 0 Å². The molecule has 0 unspecified atom stereocenters. The van der Waals surface area contributed by atoms with Crippen LogP contribution in [0.15, 0.2) is 54.6 Å². The Hall–Kier alpha value is -1.87. The highest BCUT2D eigenvalue weighted by Gasteiger charge is 2.03. The molecule has 3 heteroatoms. The molecule has 0 radical (unpaired) electrons. The molecule has 0 amide bonds. The van der Waals surface area contributed by atoms with Gasteiger partial charge in [-0.05, 0) is 23.3 Å². The minimum Gasteiger partial charge on any atom is -0.504 e. The third-order valence-corrected chi connectivity index (χ3v) is 2.85. The van der Waals surface area contributed by atoms with Crippen molar-refractivity contribution in [1.29, 1.82) is 0 Å². The molecule has 0 aliphatic rings. The van der Waals surface area contributed by atoms with E-state index in [1.807, 2.05) is 54.6 Å². The summed E-state index contributed by atoms with van der Waals surface area (Å²) in [5.74, 6) is 1.32. The van der Waals surface area contributed by atoms with Gasteiger partial charge in [-0.1, -0.05) is 48.6 Å². The molecule has 98 valence electrons. The fourth-order valence-corrected chi connectivity index (χ4v) is 1.78. The van der Waals surface area contributed by atoms with Crippen LogP contribution < -0.4 is 4.74 Å². The molecule has 0 aliphatic heterocycles. The fourth-order valence-electron chi connectivity index (χ4n) is 1.67. The van der Waals surface area contributed by atoms with Crippen molar-refractivity contribution in [2.75, 3.05) is 5.75 Å². The predicted octanol–water partition coefficient (Wildman–Crippen LogP) is 3.91. The van der Waals surface area contributed by atoms with E-state index >= 15 is 0 Å². The number of phenols is 1. The highest BCUT2D eigenvalue weighted by molar-refractivity contribution is 7.80. The van der Waals surface area contributed by atoms with Gasteiger partial charge in [-0.3, -0.25) is 0 Å². The van der Waals surface area contributed by atoms with E-state index in [0.29, 0.717) is 18.1 Å². The molecule has 0 aromatic heterocycles. The molecule has 0 fully saturated rings. The van der Waals surface area contributed by atoms with Crippen molar-refractivity contribution < 1.29 is 9.84 Å². The monoisotopic (exact) mass is 272 g/mol. The number of hydrogen-bond acceptors (Lipinski definition) is 3. The number of thiol groups is 1. The van der Waals surface area contributed by atoms with Gasteiger partial charge in [-0.15, -0.1) is 0 Å². The summed E-state index contributed by atoms with van der Waals surface area (Å²) in [6.07, 6.45) is 3.89. The Balaban J connectivity index is 2.09. The maximum atomic E-state index is 9.77. The minimum absolute atomic E-state index is 0.152. The number of rotatable bonds is 5. The Bertz CT molecular complexity index is 550. The van der Waals surface area contributed by atoms with Crippen LogP contribution in [-0.2, 0) is 6.61 Å². The van der Waals surface area contributed by atoms with Crippen molar-refractivity contribution in [2.24, 2.45) is 0 Å². The molecule has 0 heterocycles. The molecular weight excluding hydrogens is 256 g/mol. The third-order valence-electron chi connectivity index (χ3n) is 2.64. The van der Waals surface area contributed by atoms with Crippen molar-refractivity contribution >= 4 is 18.7 Å². The minimum atomic E-state index is 0.152. The van der Waals surface area contributed by atoms with Crippen molar-refractivity contribution in [3.63, 3.8) is 0 Å². The first kappa shape index (κ1) is 13.6. The summed E-state index contributed by atoms with van der Waals surface area (Å²) in [6, 6.07) is 15.2. The standard InChI is InChI=1S/C16H16O2S/c17-15-9-8-13(7-4-10-19)11-16(15)18-12-14-5-2-1-3-6-14/h1-9,11,17,19H,10,12H2. The molecule has 0 saturated carbocycles. The topological polar surface area (TPSA) is 29.5 Å². The molecule has 2 aromatic carbocycles. The molecule has 2 nitrogen and oxygen atoms in total. The second-order valence-corrected chi connectivity index (χ2v) is 4.45. The smallest absolute Gasteiger partial charge is 0.162 e. The van der Waals surface area contributed by atoms with E-state index in [-0.39, 0.29) is 5.75 Å². The van der Waals surface area contributed by atoms with Crippen LogP contribution in [0.25, 0.3) is 6.08 Å². The summed E-state index contributed by atoms with van der Waals surface area (Å²) < 4.78 is 5.64. The summed E-state index contributed by atoms with van der Waals surface area (Å²) >= 11 is 4.12. The number of hydrogen-bond donors (Lipinski definition) is 2. The quantitative estimate of drug-likeness (QED) is 0.808. The Morgan fingerprint density at radius 3 is 2.63 bits per heavy atom. The highest BCUT2D eigenvalue weighted by atomic mass is 32.1. The predicted molar refractivity (Wildman–Crippen MR) is 81.8 cm³/mol. The van der Waals surface area contributed by atoms with Gasteiger partial charge < -0.3 is 9.84 Å². The van der Waals surface area contributed by atoms with E-state index in [2.05, 4.69) is 12.6 Å². The number of phenolic OH excluding ortho intramolecular Hbond substituents is 1. The number of benzene rings is 2. The van der Waals surface area contributed by atoms with Crippen LogP contribution in [-0.4, -0.2) is 10.9 Å². The van der Waals surface area contributed by atoms with Crippen molar-refractivity contribution in [3.05, 3.63) is 65.7 Å². The van der Waals surface area contributed by atoms with E-state index in [0.717, 1.165) is 11.1 Å². The lowest BCUT2D eigenvalue weighted by Crippen LogP contribution is -1.95. The average Bonchev–Trinajstić information content (AvgIpc) is 2.46. The van der Waals surface area contributed by atoms with E-state index in [9.17, 15) is 5.11 Å². The molecule has 0 aliphatic carbocycles. The Kier molecular flexibility index (Phi) is 4.93. The molecule has 2 rings (SSSR count). The van der Waals surface area contributed by atoms with Crippen LogP contribution in [0.1, 0.15) is 11.1 Å². The fraction of sp³-hybridized carbons (Fsp3) is 0.125. The van der Waals surface area contributed by atoms with Crippen molar-refractivity contribution in [1.82, 2.24) is 0 Å². The first-order valence-corrected chi connectivity index (χ1v) is 6.70. The van der Waals surface area contributed by atoms with Crippen molar-refractivity contribution in [2.45, 2.75) is 6.61 Å². The molecule has 19 heavy (non-hydrogen) atoms. The van der Waals surface area contributed by atoms with Gasteiger partial charge in [0, 0.05) is 5.75 Å². The first-order valence-electron chi connectivity index (χ1n) is 6.07. The van der Waals surface area contributed by atoms with E-state index in [1.54, 1.807) is 6.07 Å². The molecule has 1 N–H and O–H groups in total. The SMILES string of the molecule is Oc1ccc(C=CCS)cc1OCc1ccccc1. The average molecular weight is 272 g/mol. The van der Waals surface area contributed by atoms with Crippen LogP contribution in [0, 0.1) is 0 Å². The summed E-state index contributed by atoms with van der Waals surface area (Å²) in [5, 5.41) is 9.77. The second kappa shape index (κ2) is 6.90. The zero-order valence-electron chi connectivity index (χ0n) is 10.5. The van der Waals surface area contributed by atoms with Crippen LogP contribution in [0.3, 0.4) is 0 Å². The maximum absolute atomic E-state index is 9.77. The third kappa shape index (κ3) is 4.07. The Morgan fingerprint density at radius 1 is 1.11 bits per heavy atom. The molecular formula is C16H16O2S. The second-order valence-electron chi connectivity index (χ2n) is 4.09. The largest absolute Gasteiger partial charge is 0.504 e. The summed E-state index contributed by atoms with van der Waals surface area (Å²) in [4.78, 5) is 0. The Morgan fingerprint density at radius 2 is 1.89 bits per heavy atom. The van der Waals surface area contributed by atoms with Gasteiger partial charge in [0.05, 0.1) is 0 Å². The zero-order chi connectivity index (χ0) is 13.5. The van der Waals surface area contributed by atoms with Gasteiger partial charge in [-0.2, -0.15) is 12.6 Å². The lowest BCUT2D eigenvalue weighted by molar-refractivity contribution is 0.289. The van der Waals surface area contributed by atoms with Gasteiger partial charge in [0.1, 0.15) is 6.61 Å². The van der Waals surface area contributed by atoms with Gasteiger partial charge >= 0.3 is 0 Å². The lowest BCUT2D eigenvalue weighted by Gasteiger charge is -2.09. The van der Waals surface area contributed by atoms with E-state index in [1.165, 1.54) is 0 Å². The number of ether oxygens (including phenoxy) is 1. The van der Waals surface area contributed by atoms with Crippen LogP contribution in [0.5, 0.6) is 11.5 Å². The Labute approximate surface area is 118 Å². The van der Waals surface area contributed by atoms with Gasteiger partial charge in [0.25, 0.3) is 0 Å². The first-order chi connectivity index (χ1) is 9.29. The highest BCUT2D eigenvalue weighted by Crippen LogP contribution is 2.28. The normalized spacial score (nSPS) is 10.8. The van der Waals surface area contributed by atoms with E-state index < -0.39 is 0 Å². The summed E-state index contributed by atoms with van der Waals surface area (Å²) in [5.41, 5.74) is 2.05. The van der Waals surface area contributed by atoms with E-state index in [4.69, 9.17) is 4.74 Å². The zero-order valence-corrected chi connectivity index (χ0v) is 11.4. The summed E-state index contributed by atoms with van der Waals surface area (Å²) in [7, 11) is 0. The van der Waals surface area contributed by atoms with Gasteiger partial charge in [0.15, 0.2) is 11.5 Å². The molecule has 0 spiro atoms. The van der Waals surface area contributed by atoms with Gasteiger partial charge in [0.2, 0.25) is 0 Å². The summed E-state index contributed by atoms with van der Waals surface area (Å²) in [6.45, 7) is 0.439.